The van der Waals surface area contributed by atoms with E-state index in [0.29, 0.717) is 28.5 Å². The molecule has 0 fully saturated rings. The highest BCUT2D eigenvalue weighted by Crippen LogP contribution is 2.41. The van der Waals surface area contributed by atoms with Crippen LogP contribution in [-0.4, -0.2) is 26.8 Å². The number of benzene rings is 1. The molecule has 2 heterocycles. The van der Waals surface area contributed by atoms with Crippen molar-refractivity contribution in [2.45, 2.75) is 31.0 Å². The maximum atomic E-state index is 12.8. The van der Waals surface area contributed by atoms with Crippen molar-refractivity contribution in [2.24, 2.45) is 5.92 Å². The highest BCUT2D eigenvalue weighted by atomic mass is 35.5. The Labute approximate surface area is 149 Å². The van der Waals surface area contributed by atoms with Crippen LogP contribution in [0.1, 0.15) is 31.4 Å². The number of aromatic nitrogens is 3. The van der Waals surface area contributed by atoms with Gasteiger partial charge in [0.05, 0.1) is 0 Å². The van der Waals surface area contributed by atoms with Gasteiger partial charge in [0, 0.05) is 22.7 Å². The van der Waals surface area contributed by atoms with Crippen LogP contribution in [0.15, 0.2) is 40.7 Å². The fourth-order valence-electron chi connectivity index (χ4n) is 3.43. The largest absolute Gasteiger partial charge is 0.328 e. The number of rotatable bonds is 2. The zero-order chi connectivity index (χ0) is 16.8. The van der Waals surface area contributed by atoms with E-state index in [4.69, 9.17) is 11.6 Å². The van der Waals surface area contributed by atoms with Gasteiger partial charge in [-0.1, -0.05) is 42.4 Å². The second kappa shape index (κ2) is 5.93. The SMILES string of the molecule is CSc1nc2n(n1)[C@H](c1ccc(Cl)cc1)C1=C(C[C@H](C)CC1=O)N2. The molecule has 2 aromatic rings. The summed E-state index contributed by atoms with van der Waals surface area (Å²) in [5, 5.41) is 9.28. The quantitative estimate of drug-likeness (QED) is 0.822. The van der Waals surface area contributed by atoms with E-state index in [0.717, 1.165) is 23.3 Å². The minimum Gasteiger partial charge on any atom is -0.328 e. The summed E-state index contributed by atoms with van der Waals surface area (Å²) in [7, 11) is 0. The molecule has 0 saturated heterocycles. The summed E-state index contributed by atoms with van der Waals surface area (Å²) < 4.78 is 1.82. The number of carbonyl (C=O) groups is 1. The lowest BCUT2D eigenvalue weighted by atomic mass is 9.81. The van der Waals surface area contributed by atoms with E-state index < -0.39 is 0 Å². The summed E-state index contributed by atoms with van der Waals surface area (Å²) >= 11 is 7.52. The van der Waals surface area contributed by atoms with Crippen LogP contribution in [0, 0.1) is 5.92 Å². The number of Topliss-reactive ketones (excluding diaryl/α,β-unsaturated/α-hetero) is 1. The summed E-state index contributed by atoms with van der Waals surface area (Å²) in [5.41, 5.74) is 2.78. The Morgan fingerprint density at radius 2 is 2.04 bits per heavy atom. The van der Waals surface area contributed by atoms with Gasteiger partial charge < -0.3 is 5.32 Å². The third kappa shape index (κ3) is 2.54. The van der Waals surface area contributed by atoms with Crippen LogP contribution < -0.4 is 5.32 Å². The van der Waals surface area contributed by atoms with E-state index >= 15 is 0 Å². The van der Waals surface area contributed by atoms with Gasteiger partial charge in [0.25, 0.3) is 0 Å². The fourth-order valence-corrected chi connectivity index (χ4v) is 3.90. The molecule has 1 aromatic carbocycles. The number of carbonyl (C=O) groups excluding carboxylic acids is 1. The van der Waals surface area contributed by atoms with Crippen molar-refractivity contribution in [3.8, 4) is 0 Å². The Kier molecular flexibility index (Phi) is 3.89. The number of hydrogen-bond donors (Lipinski definition) is 1. The zero-order valence-electron chi connectivity index (χ0n) is 13.4. The van der Waals surface area contributed by atoms with Gasteiger partial charge in [0.2, 0.25) is 11.1 Å². The molecular formula is C17H17ClN4OS. The van der Waals surface area contributed by atoms with Gasteiger partial charge in [0.1, 0.15) is 6.04 Å². The van der Waals surface area contributed by atoms with Crippen LogP contribution in [0.4, 0.5) is 5.95 Å². The second-order valence-electron chi connectivity index (χ2n) is 6.27. The third-order valence-electron chi connectivity index (χ3n) is 4.47. The maximum Gasteiger partial charge on any atom is 0.227 e. The number of halogens is 1. The lowest BCUT2D eigenvalue weighted by Gasteiger charge is -2.34. The molecule has 0 radical (unpaired) electrons. The van der Waals surface area contributed by atoms with E-state index in [1.54, 1.807) is 0 Å². The number of hydrogen-bond acceptors (Lipinski definition) is 5. The monoisotopic (exact) mass is 360 g/mol. The second-order valence-corrected chi connectivity index (χ2v) is 7.48. The smallest absolute Gasteiger partial charge is 0.227 e. The Balaban J connectivity index is 1.90. The van der Waals surface area contributed by atoms with Crippen LogP contribution >= 0.6 is 23.4 Å². The van der Waals surface area contributed by atoms with Crippen molar-refractivity contribution in [3.05, 3.63) is 46.1 Å². The molecule has 1 aliphatic heterocycles. The predicted octanol–water partition coefficient (Wildman–Crippen LogP) is 3.92. The van der Waals surface area contributed by atoms with Crippen molar-refractivity contribution in [1.29, 1.82) is 0 Å². The molecule has 1 N–H and O–H groups in total. The number of nitrogens with one attached hydrogen (secondary N) is 1. The first-order chi connectivity index (χ1) is 11.6. The van der Waals surface area contributed by atoms with Gasteiger partial charge in [0.15, 0.2) is 5.78 Å². The molecule has 0 amide bonds. The minimum absolute atomic E-state index is 0.183. The average molecular weight is 361 g/mol. The zero-order valence-corrected chi connectivity index (χ0v) is 15.0. The molecule has 2 aliphatic rings. The van der Waals surface area contributed by atoms with E-state index in [9.17, 15) is 4.79 Å². The molecule has 7 heteroatoms. The van der Waals surface area contributed by atoms with E-state index in [2.05, 4.69) is 22.3 Å². The van der Waals surface area contributed by atoms with Crippen LogP contribution in [-0.2, 0) is 4.79 Å². The normalized spacial score (nSPS) is 22.9. The van der Waals surface area contributed by atoms with Crippen LogP contribution in [0.3, 0.4) is 0 Å². The molecule has 0 spiro atoms. The molecule has 1 aliphatic carbocycles. The fraction of sp³-hybridized carbons (Fsp3) is 0.353. The van der Waals surface area contributed by atoms with E-state index in [1.807, 2.05) is 35.2 Å². The molecule has 1 aromatic heterocycles. The number of thioether (sulfide) groups is 1. The Bertz CT molecular complexity index is 843. The topological polar surface area (TPSA) is 59.8 Å². The van der Waals surface area contributed by atoms with Gasteiger partial charge in [-0.3, -0.25) is 4.79 Å². The Morgan fingerprint density at radius 3 is 2.75 bits per heavy atom. The number of fused-ring (bicyclic) bond motifs is 1. The van der Waals surface area contributed by atoms with Crippen molar-refractivity contribution in [2.75, 3.05) is 11.6 Å². The summed E-state index contributed by atoms with van der Waals surface area (Å²) in [5.74, 6) is 1.21. The van der Waals surface area contributed by atoms with Crippen LogP contribution in [0.25, 0.3) is 0 Å². The first kappa shape index (κ1) is 15.7. The average Bonchev–Trinajstić information content (AvgIpc) is 2.96. The number of allylic oxidation sites excluding steroid dienone is 2. The first-order valence-electron chi connectivity index (χ1n) is 7.86. The summed E-state index contributed by atoms with van der Waals surface area (Å²) in [6, 6.07) is 7.36. The van der Waals surface area contributed by atoms with Gasteiger partial charge in [-0.05, 0) is 36.3 Å². The first-order valence-corrected chi connectivity index (χ1v) is 9.46. The minimum atomic E-state index is -0.248. The standard InChI is InChI=1S/C17H17ClN4OS/c1-9-7-12-14(13(23)8-9)15(10-3-5-11(18)6-4-10)22-16(19-12)20-17(21-22)24-2/h3-6,9,15H,7-8H2,1-2H3,(H,19,20,21)/t9-,15+/m0/s1. The van der Waals surface area contributed by atoms with Crippen molar-refractivity contribution in [3.63, 3.8) is 0 Å². The summed E-state index contributed by atoms with van der Waals surface area (Å²) in [6.45, 7) is 2.10. The van der Waals surface area contributed by atoms with Crippen molar-refractivity contribution in [1.82, 2.24) is 14.8 Å². The summed E-state index contributed by atoms with van der Waals surface area (Å²) in [6.07, 6.45) is 3.37. The molecule has 0 bridgehead atoms. The molecule has 0 saturated carbocycles. The molecule has 2 atom stereocenters. The molecule has 0 unspecified atom stereocenters. The Hall–Kier alpha value is -1.79. The van der Waals surface area contributed by atoms with E-state index in [-0.39, 0.29) is 11.8 Å². The van der Waals surface area contributed by atoms with Gasteiger partial charge in [-0.15, -0.1) is 5.10 Å². The summed E-state index contributed by atoms with van der Waals surface area (Å²) in [4.78, 5) is 17.3. The molecule has 24 heavy (non-hydrogen) atoms. The highest BCUT2D eigenvalue weighted by Gasteiger charge is 2.38. The van der Waals surface area contributed by atoms with Crippen molar-refractivity contribution < 1.29 is 4.79 Å². The molecular weight excluding hydrogens is 344 g/mol. The molecule has 124 valence electrons. The van der Waals surface area contributed by atoms with Crippen LogP contribution in [0.5, 0.6) is 0 Å². The molecule has 5 nitrogen and oxygen atoms in total. The number of anilines is 1. The van der Waals surface area contributed by atoms with Crippen molar-refractivity contribution >= 4 is 35.1 Å². The highest BCUT2D eigenvalue weighted by molar-refractivity contribution is 7.98. The maximum absolute atomic E-state index is 12.8. The van der Waals surface area contributed by atoms with Gasteiger partial charge >= 0.3 is 0 Å². The number of nitrogens with zero attached hydrogens (tertiary/aromatic N) is 3. The van der Waals surface area contributed by atoms with Gasteiger partial charge in [-0.2, -0.15) is 4.98 Å². The lowest BCUT2D eigenvalue weighted by molar-refractivity contribution is -0.117. The molecule has 4 rings (SSSR count). The third-order valence-corrected chi connectivity index (χ3v) is 5.26. The Morgan fingerprint density at radius 1 is 1.29 bits per heavy atom. The lowest BCUT2D eigenvalue weighted by Crippen LogP contribution is -2.33. The van der Waals surface area contributed by atoms with E-state index in [1.165, 1.54) is 11.8 Å². The van der Waals surface area contributed by atoms with Crippen LogP contribution in [0.2, 0.25) is 5.02 Å². The predicted molar refractivity (Wildman–Crippen MR) is 95.4 cm³/mol. The van der Waals surface area contributed by atoms with Gasteiger partial charge in [-0.25, -0.2) is 4.68 Å². The number of ketones is 1.